The number of hydrogen-bond donors (Lipinski definition) is 1. The lowest BCUT2D eigenvalue weighted by molar-refractivity contribution is 0.102. The molecule has 19 heavy (non-hydrogen) atoms. The van der Waals surface area contributed by atoms with Crippen LogP contribution in [0.5, 0.6) is 0 Å². The van der Waals surface area contributed by atoms with Gasteiger partial charge in [0.25, 0.3) is 5.91 Å². The molecule has 0 aliphatic rings. The number of pyridine rings is 1. The molecule has 0 fully saturated rings. The normalized spacial score (nSPS) is 10.3. The summed E-state index contributed by atoms with van der Waals surface area (Å²) in [6.07, 6.45) is 0. The van der Waals surface area contributed by atoms with Crippen LogP contribution in [0.4, 0.5) is 5.82 Å². The van der Waals surface area contributed by atoms with Gasteiger partial charge in [0, 0.05) is 10.2 Å². The van der Waals surface area contributed by atoms with Crippen molar-refractivity contribution in [3.05, 3.63) is 56.6 Å². The van der Waals surface area contributed by atoms with Gasteiger partial charge in [0.1, 0.15) is 5.82 Å². The Labute approximate surface area is 125 Å². The SMILES string of the molecule is Cc1cc(C)nc(NC(=O)c2cccc(Br)c2Cl)c1. The molecule has 1 aromatic carbocycles. The molecule has 0 radical (unpaired) electrons. The minimum absolute atomic E-state index is 0.274. The topological polar surface area (TPSA) is 42.0 Å². The van der Waals surface area contributed by atoms with Crippen molar-refractivity contribution in [1.29, 1.82) is 0 Å². The van der Waals surface area contributed by atoms with Crippen LogP contribution in [-0.4, -0.2) is 10.9 Å². The second-order valence-electron chi connectivity index (χ2n) is 4.23. The van der Waals surface area contributed by atoms with E-state index >= 15 is 0 Å². The summed E-state index contributed by atoms with van der Waals surface area (Å²) in [6.45, 7) is 3.84. The van der Waals surface area contributed by atoms with Gasteiger partial charge in [-0.3, -0.25) is 4.79 Å². The maximum absolute atomic E-state index is 12.2. The van der Waals surface area contributed by atoms with Crippen LogP contribution in [0, 0.1) is 13.8 Å². The van der Waals surface area contributed by atoms with E-state index in [1.807, 2.05) is 26.0 Å². The molecule has 98 valence electrons. The first kappa shape index (κ1) is 14.0. The van der Waals surface area contributed by atoms with Gasteiger partial charge >= 0.3 is 0 Å². The lowest BCUT2D eigenvalue weighted by Gasteiger charge is -2.08. The standard InChI is InChI=1S/C14H12BrClN2O/c1-8-6-9(2)17-12(7-8)18-14(19)10-4-3-5-11(15)13(10)16/h3-7H,1-2H3,(H,17,18,19). The van der Waals surface area contributed by atoms with Gasteiger partial charge in [-0.2, -0.15) is 0 Å². The van der Waals surface area contributed by atoms with Crippen LogP contribution < -0.4 is 5.32 Å². The van der Waals surface area contributed by atoms with E-state index in [4.69, 9.17) is 11.6 Å². The number of rotatable bonds is 2. The zero-order valence-electron chi connectivity index (χ0n) is 10.5. The highest BCUT2D eigenvalue weighted by Gasteiger charge is 2.13. The van der Waals surface area contributed by atoms with E-state index < -0.39 is 0 Å². The van der Waals surface area contributed by atoms with Crippen LogP contribution in [0.3, 0.4) is 0 Å². The number of hydrogen-bond acceptors (Lipinski definition) is 2. The molecule has 0 spiro atoms. The fourth-order valence-electron chi connectivity index (χ4n) is 1.77. The maximum Gasteiger partial charge on any atom is 0.258 e. The third kappa shape index (κ3) is 3.33. The van der Waals surface area contributed by atoms with Gasteiger partial charge in [0.15, 0.2) is 0 Å². The van der Waals surface area contributed by atoms with Crippen LogP contribution in [0.15, 0.2) is 34.8 Å². The Bertz CT molecular complexity index is 623. The summed E-state index contributed by atoms with van der Waals surface area (Å²) in [4.78, 5) is 16.4. The number of aromatic nitrogens is 1. The van der Waals surface area contributed by atoms with Crippen LogP contribution in [0.25, 0.3) is 0 Å². The number of nitrogens with zero attached hydrogens (tertiary/aromatic N) is 1. The van der Waals surface area contributed by atoms with Crippen molar-refractivity contribution < 1.29 is 4.79 Å². The molecule has 2 aromatic rings. The Hall–Kier alpha value is -1.39. The predicted molar refractivity (Wildman–Crippen MR) is 80.8 cm³/mol. The smallest absolute Gasteiger partial charge is 0.258 e. The van der Waals surface area contributed by atoms with Crippen molar-refractivity contribution in [1.82, 2.24) is 4.98 Å². The molecule has 0 saturated carbocycles. The van der Waals surface area contributed by atoms with Gasteiger partial charge in [-0.25, -0.2) is 4.98 Å². The van der Waals surface area contributed by atoms with Gasteiger partial charge in [0.05, 0.1) is 10.6 Å². The number of aryl methyl sites for hydroxylation is 2. The Balaban J connectivity index is 2.28. The Kier molecular flexibility index (Phi) is 4.22. The largest absolute Gasteiger partial charge is 0.307 e. The number of anilines is 1. The highest BCUT2D eigenvalue weighted by atomic mass is 79.9. The van der Waals surface area contributed by atoms with Gasteiger partial charge in [-0.1, -0.05) is 17.7 Å². The van der Waals surface area contributed by atoms with E-state index in [1.165, 1.54) is 0 Å². The van der Waals surface area contributed by atoms with E-state index in [-0.39, 0.29) is 5.91 Å². The van der Waals surface area contributed by atoms with Gasteiger partial charge in [-0.15, -0.1) is 0 Å². The van der Waals surface area contributed by atoms with Crippen molar-refractivity contribution >= 4 is 39.3 Å². The lowest BCUT2D eigenvalue weighted by atomic mass is 10.2. The Morgan fingerprint density at radius 3 is 2.74 bits per heavy atom. The van der Waals surface area contributed by atoms with Crippen molar-refractivity contribution in [2.75, 3.05) is 5.32 Å². The summed E-state index contributed by atoms with van der Waals surface area (Å²) in [5, 5.41) is 3.15. The average Bonchev–Trinajstić information content (AvgIpc) is 2.31. The highest BCUT2D eigenvalue weighted by Crippen LogP contribution is 2.26. The van der Waals surface area contributed by atoms with E-state index in [9.17, 15) is 4.79 Å². The minimum Gasteiger partial charge on any atom is -0.307 e. The summed E-state index contributed by atoms with van der Waals surface area (Å²) in [5.74, 6) is 0.252. The predicted octanol–water partition coefficient (Wildman–Crippen LogP) is 4.37. The third-order valence-corrected chi connectivity index (χ3v) is 3.83. The van der Waals surface area contributed by atoms with Crippen LogP contribution in [0.1, 0.15) is 21.6 Å². The summed E-state index contributed by atoms with van der Waals surface area (Å²) >= 11 is 9.38. The van der Waals surface area contributed by atoms with E-state index in [1.54, 1.807) is 18.2 Å². The quantitative estimate of drug-likeness (QED) is 0.883. The minimum atomic E-state index is -0.274. The maximum atomic E-state index is 12.2. The number of benzene rings is 1. The zero-order valence-corrected chi connectivity index (χ0v) is 12.8. The second kappa shape index (κ2) is 5.72. The number of halogens is 2. The average molecular weight is 340 g/mol. The molecule has 1 aromatic heterocycles. The molecular weight excluding hydrogens is 328 g/mol. The van der Waals surface area contributed by atoms with Crippen LogP contribution in [-0.2, 0) is 0 Å². The van der Waals surface area contributed by atoms with Crippen LogP contribution >= 0.6 is 27.5 Å². The number of carbonyl (C=O) groups is 1. The van der Waals surface area contributed by atoms with Crippen molar-refractivity contribution in [2.45, 2.75) is 13.8 Å². The molecule has 1 N–H and O–H groups in total. The van der Waals surface area contributed by atoms with Crippen molar-refractivity contribution in [3.63, 3.8) is 0 Å². The Morgan fingerprint density at radius 2 is 2.05 bits per heavy atom. The van der Waals surface area contributed by atoms with Crippen molar-refractivity contribution in [3.8, 4) is 0 Å². The molecule has 0 unspecified atom stereocenters. The number of nitrogens with one attached hydrogen (secondary N) is 1. The lowest BCUT2D eigenvalue weighted by Crippen LogP contribution is -2.14. The first-order valence-electron chi connectivity index (χ1n) is 5.68. The molecule has 0 aliphatic heterocycles. The fraction of sp³-hybridized carbons (Fsp3) is 0.143. The molecule has 0 atom stereocenters. The van der Waals surface area contributed by atoms with Crippen molar-refractivity contribution in [2.24, 2.45) is 0 Å². The first-order chi connectivity index (χ1) is 8.97. The monoisotopic (exact) mass is 338 g/mol. The van der Waals surface area contributed by atoms with Gasteiger partial charge < -0.3 is 5.32 Å². The molecule has 1 amide bonds. The summed E-state index contributed by atoms with van der Waals surface area (Å²) < 4.78 is 0.690. The Morgan fingerprint density at radius 1 is 1.32 bits per heavy atom. The summed E-state index contributed by atoms with van der Waals surface area (Å²) in [7, 11) is 0. The van der Waals surface area contributed by atoms with E-state index in [2.05, 4.69) is 26.2 Å². The molecule has 2 rings (SSSR count). The van der Waals surface area contributed by atoms with Crippen LogP contribution in [0.2, 0.25) is 5.02 Å². The third-order valence-electron chi connectivity index (χ3n) is 2.54. The van der Waals surface area contributed by atoms with Gasteiger partial charge in [-0.05, 0) is 59.6 Å². The summed E-state index contributed by atoms with van der Waals surface area (Å²) in [5.41, 5.74) is 2.32. The zero-order chi connectivity index (χ0) is 14.0. The molecule has 0 aliphatic carbocycles. The second-order valence-corrected chi connectivity index (χ2v) is 5.46. The molecular formula is C14H12BrClN2O. The fourth-order valence-corrected chi connectivity index (χ4v) is 2.35. The number of carbonyl (C=O) groups excluding carboxylic acids is 1. The molecule has 3 nitrogen and oxygen atoms in total. The highest BCUT2D eigenvalue weighted by molar-refractivity contribution is 9.10. The first-order valence-corrected chi connectivity index (χ1v) is 6.85. The molecule has 1 heterocycles. The van der Waals surface area contributed by atoms with E-state index in [0.717, 1.165) is 11.3 Å². The molecule has 0 bridgehead atoms. The van der Waals surface area contributed by atoms with Gasteiger partial charge in [0.2, 0.25) is 0 Å². The molecule has 5 heteroatoms. The number of amides is 1. The molecule has 0 saturated heterocycles. The summed E-state index contributed by atoms with van der Waals surface area (Å²) in [6, 6.07) is 8.98. The van der Waals surface area contributed by atoms with E-state index in [0.29, 0.717) is 20.9 Å².